The Morgan fingerprint density at radius 2 is 2.41 bits per heavy atom. The Balaban J connectivity index is 1.64. The van der Waals surface area contributed by atoms with Crippen LogP contribution in [-0.2, 0) is 16.1 Å². The van der Waals surface area contributed by atoms with E-state index >= 15 is 0 Å². The maximum Gasteiger partial charge on any atom is 0.325 e. The van der Waals surface area contributed by atoms with Crippen LogP contribution in [0.15, 0.2) is 17.6 Å². The summed E-state index contributed by atoms with van der Waals surface area (Å²) in [6.07, 6.45) is 3.41. The molecule has 0 aromatic carbocycles. The second kappa shape index (κ2) is 6.24. The molecule has 1 aliphatic heterocycles. The highest BCUT2D eigenvalue weighted by Crippen LogP contribution is 2.30. The third-order valence-corrected chi connectivity index (χ3v) is 4.08. The van der Waals surface area contributed by atoms with Gasteiger partial charge < -0.3 is 15.2 Å². The van der Waals surface area contributed by atoms with Crippen molar-refractivity contribution in [1.82, 2.24) is 14.8 Å². The summed E-state index contributed by atoms with van der Waals surface area (Å²) < 4.78 is 6.77. The number of ether oxygens (including phenoxy) is 1. The molecular weight excluding hydrogens is 308 g/mol. The summed E-state index contributed by atoms with van der Waals surface area (Å²) in [6.45, 7) is 0.475. The molecule has 0 radical (unpaired) electrons. The summed E-state index contributed by atoms with van der Waals surface area (Å²) in [4.78, 5) is 27.0. The third-order valence-electron chi connectivity index (χ3n) is 3.14. The lowest BCUT2D eigenvalue weighted by Gasteiger charge is -2.03. The van der Waals surface area contributed by atoms with Crippen molar-refractivity contribution in [1.29, 1.82) is 0 Å². The number of carbonyl (C=O) groups is 2. The first-order valence-electron chi connectivity index (χ1n) is 6.75. The fourth-order valence-corrected chi connectivity index (χ4v) is 3.03. The number of hydrogen-bond donors (Lipinski definition) is 2. The highest BCUT2D eigenvalue weighted by atomic mass is 32.1. The normalized spacial score (nSPS) is 17.5. The van der Waals surface area contributed by atoms with Crippen LogP contribution < -0.4 is 5.32 Å². The molecule has 9 heteroatoms. The van der Waals surface area contributed by atoms with Crippen molar-refractivity contribution in [3.8, 4) is 0 Å². The van der Waals surface area contributed by atoms with Gasteiger partial charge in [0, 0.05) is 24.3 Å². The van der Waals surface area contributed by atoms with E-state index in [1.54, 1.807) is 5.38 Å². The molecule has 1 aliphatic rings. The number of aliphatic carboxylic acids is 1. The predicted molar refractivity (Wildman–Crippen MR) is 77.9 cm³/mol. The van der Waals surface area contributed by atoms with Crippen molar-refractivity contribution < 1.29 is 19.4 Å². The SMILES string of the molecule is O=C(O)Cn1ccc(NC(=O)c2csc(C3CCCO3)n2)n1. The predicted octanol–water partition coefficient (Wildman–Crippen LogP) is 1.53. The van der Waals surface area contributed by atoms with Gasteiger partial charge >= 0.3 is 5.97 Å². The maximum absolute atomic E-state index is 12.1. The van der Waals surface area contributed by atoms with Gasteiger partial charge in [0.05, 0.1) is 0 Å². The van der Waals surface area contributed by atoms with Crippen LogP contribution in [0.25, 0.3) is 0 Å². The van der Waals surface area contributed by atoms with Crippen molar-refractivity contribution in [3.05, 3.63) is 28.3 Å². The molecule has 1 unspecified atom stereocenters. The van der Waals surface area contributed by atoms with E-state index in [1.807, 2.05) is 0 Å². The molecule has 2 aromatic rings. The average molecular weight is 322 g/mol. The highest BCUT2D eigenvalue weighted by molar-refractivity contribution is 7.09. The van der Waals surface area contributed by atoms with Crippen molar-refractivity contribution in [2.75, 3.05) is 11.9 Å². The van der Waals surface area contributed by atoms with E-state index < -0.39 is 5.97 Å². The first kappa shape index (κ1) is 14.7. The smallest absolute Gasteiger partial charge is 0.325 e. The van der Waals surface area contributed by atoms with E-state index in [0.29, 0.717) is 5.69 Å². The molecule has 1 amide bonds. The molecule has 3 heterocycles. The largest absolute Gasteiger partial charge is 0.480 e. The number of anilines is 1. The van der Waals surface area contributed by atoms with Crippen LogP contribution in [0.5, 0.6) is 0 Å². The molecule has 1 atom stereocenters. The van der Waals surface area contributed by atoms with Crippen LogP contribution in [-0.4, -0.2) is 38.4 Å². The molecule has 22 heavy (non-hydrogen) atoms. The molecule has 2 aromatic heterocycles. The zero-order valence-corrected chi connectivity index (χ0v) is 12.4. The molecular formula is C13H14N4O4S. The molecule has 0 spiro atoms. The quantitative estimate of drug-likeness (QED) is 0.864. The van der Waals surface area contributed by atoms with Gasteiger partial charge in [-0.1, -0.05) is 0 Å². The Bertz CT molecular complexity index is 690. The lowest BCUT2D eigenvalue weighted by molar-refractivity contribution is -0.137. The summed E-state index contributed by atoms with van der Waals surface area (Å²) in [7, 11) is 0. The van der Waals surface area contributed by atoms with Gasteiger partial charge in [-0.2, -0.15) is 5.10 Å². The molecule has 1 fully saturated rings. The van der Waals surface area contributed by atoms with Gasteiger partial charge in [0.15, 0.2) is 5.82 Å². The third kappa shape index (κ3) is 3.31. The number of aromatic nitrogens is 3. The highest BCUT2D eigenvalue weighted by Gasteiger charge is 2.22. The lowest BCUT2D eigenvalue weighted by atomic mass is 10.2. The Labute approximate surface area is 129 Å². The van der Waals surface area contributed by atoms with Crippen LogP contribution in [0.3, 0.4) is 0 Å². The first-order chi connectivity index (χ1) is 10.6. The van der Waals surface area contributed by atoms with Gasteiger partial charge in [0.1, 0.15) is 23.4 Å². The number of thiazole rings is 1. The van der Waals surface area contributed by atoms with Crippen LogP contribution in [0.4, 0.5) is 5.82 Å². The van der Waals surface area contributed by atoms with Gasteiger partial charge in [-0.3, -0.25) is 14.3 Å². The van der Waals surface area contributed by atoms with E-state index in [1.165, 1.54) is 28.3 Å². The Kier molecular flexibility index (Phi) is 4.16. The molecule has 1 saturated heterocycles. The van der Waals surface area contributed by atoms with Gasteiger partial charge in [-0.05, 0) is 12.8 Å². The summed E-state index contributed by atoms with van der Waals surface area (Å²) in [5, 5.41) is 17.7. The molecule has 2 N–H and O–H groups in total. The zero-order chi connectivity index (χ0) is 15.5. The standard InChI is InChI=1S/C13H14N4O4S/c18-11(19)6-17-4-3-10(16-17)15-12(20)8-7-22-13(14-8)9-2-1-5-21-9/h3-4,7,9H,1-2,5-6H2,(H,18,19)(H,15,16,20). The number of nitrogens with zero attached hydrogens (tertiary/aromatic N) is 3. The second-order valence-electron chi connectivity index (χ2n) is 4.82. The average Bonchev–Trinajstić information content (AvgIpc) is 3.19. The minimum absolute atomic E-state index is 0.0127. The van der Waals surface area contributed by atoms with E-state index in [4.69, 9.17) is 9.84 Å². The number of amides is 1. The maximum atomic E-state index is 12.1. The van der Waals surface area contributed by atoms with Gasteiger partial charge in [0.2, 0.25) is 0 Å². The fraction of sp³-hybridized carbons (Fsp3) is 0.385. The second-order valence-corrected chi connectivity index (χ2v) is 5.71. The van der Waals surface area contributed by atoms with Crippen LogP contribution in [0, 0.1) is 0 Å². The number of hydrogen-bond acceptors (Lipinski definition) is 6. The van der Waals surface area contributed by atoms with Crippen molar-refractivity contribution >= 4 is 29.0 Å². The van der Waals surface area contributed by atoms with E-state index in [-0.39, 0.29) is 24.4 Å². The minimum atomic E-state index is -0.998. The zero-order valence-electron chi connectivity index (χ0n) is 11.6. The Morgan fingerprint density at radius 3 is 3.14 bits per heavy atom. The van der Waals surface area contributed by atoms with Crippen LogP contribution >= 0.6 is 11.3 Å². The molecule has 3 rings (SSSR count). The lowest BCUT2D eigenvalue weighted by Crippen LogP contribution is -2.14. The van der Waals surface area contributed by atoms with Crippen molar-refractivity contribution in [2.24, 2.45) is 0 Å². The van der Waals surface area contributed by atoms with Crippen LogP contribution in [0.2, 0.25) is 0 Å². The topological polar surface area (TPSA) is 106 Å². The number of rotatable bonds is 5. The van der Waals surface area contributed by atoms with Crippen molar-refractivity contribution in [3.63, 3.8) is 0 Å². The number of carboxylic acid groups (broad SMARTS) is 1. The van der Waals surface area contributed by atoms with E-state index in [0.717, 1.165) is 24.5 Å². The summed E-state index contributed by atoms with van der Waals surface area (Å²) >= 11 is 1.40. The van der Waals surface area contributed by atoms with Crippen LogP contribution in [0.1, 0.15) is 34.4 Å². The van der Waals surface area contributed by atoms with Gasteiger partial charge in [-0.15, -0.1) is 11.3 Å². The molecule has 0 aliphatic carbocycles. The number of carbonyl (C=O) groups excluding carboxylic acids is 1. The summed E-state index contributed by atoms with van der Waals surface area (Å²) in [6, 6.07) is 1.54. The monoisotopic (exact) mass is 322 g/mol. The Hall–Kier alpha value is -2.26. The first-order valence-corrected chi connectivity index (χ1v) is 7.63. The van der Waals surface area contributed by atoms with Crippen molar-refractivity contribution in [2.45, 2.75) is 25.5 Å². The van der Waals surface area contributed by atoms with E-state index in [9.17, 15) is 9.59 Å². The summed E-state index contributed by atoms with van der Waals surface area (Å²) in [5.74, 6) is -1.08. The fourth-order valence-electron chi connectivity index (χ4n) is 2.15. The number of carboxylic acids is 1. The molecule has 8 nitrogen and oxygen atoms in total. The minimum Gasteiger partial charge on any atom is -0.480 e. The molecule has 116 valence electrons. The number of nitrogens with one attached hydrogen (secondary N) is 1. The van der Waals surface area contributed by atoms with Gasteiger partial charge in [0.25, 0.3) is 5.91 Å². The van der Waals surface area contributed by atoms with E-state index in [2.05, 4.69) is 15.4 Å². The summed E-state index contributed by atoms with van der Waals surface area (Å²) in [5.41, 5.74) is 0.309. The molecule has 0 bridgehead atoms. The Morgan fingerprint density at radius 1 is 1.55 bits per heavy atom. The van der Waals surface area contributed by atoms with Gasteiger partial charge in [-0.25, -0.2) is 4.98 Å². The molecule has 0 saturated carbocycles.